The maximum atomic E-state index is 11.7. The van der Waals surface area contributed by atoms with Gasteiger partial charge in [-0.05, 0) is 35.6 Å². The van der Waals surface area contributed by atoms with E-state index in [1.807, 2.05) is 48.5 Å². The van der Waals surface area contributed by atoms with E-state index in [4.69, 9.17) is 9.47 Å². The second-order valence-electron chi connectivity index (χ2n) is 5.49. The molecule has 0 saturated heterocycles. The molecular weight excluding hydrogens is 276 g/mol. The van der Waals surface area contributed by atoms with Crippen molar-refractivity contribution in [3.63, 3.8) is 0 Å². The van der Waals surface area contributed by atoms with Gasteiger partial charge in [0.25, 0.3) is 0 Å². The molecule has 0 unspecified atom stereocenters. The minimum atomic E-state index is -0.676. The van der Waals surface area contributed by atoms with Gasteiger partial charge in [-0.15, -0.1) is 0 Å². The fourth-order valence-electron chi connectivity index (χ4n) is 2.12. The van der Waals surface area contributed by atoms with Crippen LogP contribution in [0.5, 0.6) is 5.75 Å². The lowest BCUT2D eigenvalue weighted by Gasteiger charge is -2.10. The van der Waals surface area contributed by atoms with Crippen molar-refractivity contribution in [1.29, 1.82) is 0 Å². The van der Waals surface area contributed by atoms with Crippen molar-refractivity contribution in [2.75, 3.05) is 0 Å². The summed E-state index contributed by atoms with van der Waals surface area (Å²) in [7, 11) is 0. The predicted molar refractivity (Wildman–Crippen MR) is 86.9 cm³/mol. The smallest absolute Gasteiger partial charge is 0.429 e. The minimum absolute atomic E-state index is 0.215. The van der Waals surface area contributed by atoms with Gasteiger partial charge >= 0.3 is 6.16 Å². The Labute approximate surface area is 131 Å². The molecule has 0 aliphatic heterocycles. The van der Waals surface area contributed by atoms with Crippen LogP contribution in [-0.2, 0) is 17.8 Å². The fourth-order valence-corrected chi connectivity index (χ4v) is 2.12. The number of hydrogen-bond acceptors (Lipinski definition) is 3. The van der Waals surface area contributed by atoms with E-state index in [-0.39, 0.29) is 6.61 Å². The summed E-state index contributed by atoms with van der Waals surface area (Å²) in [6, 6.07) is 17.2. The fraction of sp³-hybridized carbons (Fsp3) is 0.316. The van der Waals surface area contributed by atoms with Crippen LogP contribution in [0.25, 0.3) is 0 Å². The van der Waals surface area contributed by atoms with Crippen molar-refractivity contribution < 1.29 is 14.3 Å². The van der Waals surface area contributed by atoms with Gasteiger partial charge in [0.1, 0.15) is 12.4 Å². The SMILES string of the molecule is CC[C@@H](C)Cc1cccc(OC(=O)OCc2ccccc2)c1. The van der Waals surface area contributed by atoms with Crippen molar-refractivity contribution >= 4 is 6.16 Å². The number of ether oxygens (including phenoxy) is 2. The zero-order valence-electron chi connectivity index (χ0n) is 13.1. The summed E-state index contributed by atoms with van der Waals surface area (Å²) in [6.45, 7) is 4.60. The molecule has 116 valence electrons. The Morgan fingerprint density at radius 2 is 1.77 bits per heavy atom. The zero-order chi connectivity index (χ0) is 15.8. The molecule has 0 radical (unpaired) electrons. The van der Waals surface area contributed by atoms with E-state index in [1.165, 1.54) is 5.56 Å². The van der Waals surface area contributed by atoms with Gasteiger partial charge in [-0.25, -0.2) is 4.79 Å². The molecule has 0 fully saturated rings. The number of benzene rings is 2. The summed E-state index contributed by atoms with van der Waals surface area (Å²) >= 11 is 0. The van der Waals surface area contributed by atoms with Crippen LogP contribution in [0.3, 0.4) is 0 Å². The van der Waals surface area contributed by atoms with Crippen molar-refractivity contribution in [2.24, 2.45) is 5.92 Å². The average Bonchev–Trinajstić information content (AvgIpc) is 2.54. The van der Waals surface area contributed by atoms with Gasteiger partial charge in [-0.3, -0.25) is 0 Å². The number of hydrogen-bond donors (Lipinski definition) is 0. The third kappa shape index (κ3) is 5.24. The maximum Gasteiger partial charge on any atom is 0.514 e. The summed E-state index contributed by atoms with van der Waals surface area (Å²) in [5.74, 6) is 1.14. The summed E-state index contributed by atoms with van der Waals surface area (Å²) < 4.78 is 10.3. The summed E-state index contributed by atoms with van der Waals surface area (Å²) in [6.07, 6.45) is 1.43. The van der Waals surface area contributed by atoms with Crippen LogP contribution in [0.15, 0.2) is 54.6 Å². The molecule has 0 amide bonds. The zero-order valence-corrected chi connectivity index (χ0v) is 13.1. The normalized spacial score (nSPS) is 11.7. The van der Waals surface area contributed by atoms with E-state index in [1.54, 1.807) is 6.07 Å². The molecule has 0 aliphatic carbocycles. The molecule has 1 atom stereocenters. The van der Waals surface area contributed by atoms with Crippen molar-refractivity contribution in [2.45, 2.75) is 33.3 Å². The first-order chi connectivity index (χ1) is 10.7. The highest BCUT2D eigenvalue weighted by atomic mass is 16.7. The molecule has 3 nitrogen and oxygen atoms in total. The average molecular weight is 298 g/mol. The second kappa shape index (κ2) is 8.23. The molecule has 3 heteroatoms. The van der Waals surface area contributed by atoms with Crippen LogP contribution in [0, 0.1) is 5.92 Å². The molecular formula is C19H22O3. The van der Waals surface area contributed by atoms with Crippen LogP contribution in [0.4, 0.5) is 4.79 Å². The van der Waals surface area contributed by atoms with E-state index in [0.717, 1.165) is 18.4 Å². The van der Waals surface area contributed by atoms with Crippen LogP contribution in [0.1, 0.15) is 31.4 Å². The van der Waals surface area contributed by atoms with Gasteiger partial charge in [0, 0.05) is 0 Å². The lowest BCUT2D eigenvalue weighted by atomic mass is 9.99. The van der Waals surface area contributed by atoms with E-state index >= 15 is 0 Å². The first kappa shape index (κ1) is 16.1. The van der Waals surface area contributed by atoms with Crippen LogP contribution < -0.4 is 4.74 Å². The number of carbonyl (C=O) groups excluding carboxylic acids is 1. The predicted octanol–water partition coefficient (Wildman–Crippen LogP) is 4.99. The molecule has 22 heavy (non-hydrogen) atoms. The van der Waals surface area contributed by atoms with Crippen LogP contribution in [0.2, 0.25) is 0 Å². The first-order valence-electron chi connectivity index (χ1n) is 7.65. The Morgan fingerprint density at radius 3 is 2.50 bits per heavy atom. The quantitative estimate of drug-likeness (QED) is 0.556. The van der Waals surface area contributed by atoms with E-state index in [2.05, 4.69) is 13.8 Å². The molecule has 0 saturated carbocycles. The second-order valence-corrected chi connectivity index (χ2v) is 5.49. The molecule has 0 bridgehead atoms. The summed E-state index contributed by atoms with van der Waals surface area (Å²) in [5.41, 5.74) is 2.10. The minimum Gasteiger partial charge on any atom is -0.429 e. The third-order valence-corrected chi connectivity index (χ3v) is 3.58. The van der Waals surface area contributed by atoms with Crippen molar-refractivity contribution in [3.05, 3.63) is 65.7 Å². The van der Waals surface area contributed by atoms with Crippen molar-refractivity contribution in [3.8, 4) is 5.75 Å². The molecule has 0 N–H and O–H groups in total. The standard InChI is InChI=1S/C19H22O3/c1-3-15(2)12-17-10-7-11-18(13-17)22-19(20)21-14-16-8-5-4-6-9-16/h4-11,13,15H,3,12,14H2,1-2H3/t15-/m1/s1. The van der Waals surface area contributed by atoms with Crippen LogP contribution >= 0.6 is 0 Å². The Kier molecular flexibility index (Phi) is 6.01. The third-order valence-electron chi connectivity index (χ3n) is 3.58. The highest BCUT2D eigenvalue weighted by Gasteiger charge is 2.08. The molecule has 0 heterocycles. The van der Waals surface area contributed by atoms with Gasteiger partial charge in [-0.2, -0.15) is 0 Å². The number of carbonyl (C=O) groups is 1. The van der Waals surface area contributed by atoms with Gasteiger partial charge < -0.3 is 9.47 Å². The lowest BCUT2D eigenvalue weighted by molar-refractivity contribution is 0.0927. The molecule has 2 rings (SSSR count). The largest absolute Gasteiger partial charge is 0.514 e. The van der Waals surface area contributed by atoms with E-state index in [0.29, 0.717) is 11.7 Å². The maximum absolute atomic E-state index is 11.7. The van der Waals surface area contributed by atoms with Gasteiger partial charge in [0.15, 0.2) is 0 Å². The molecule has 0 spiro atoms. The topological polar surface area (TPSA) is 35.5 Å². The Morgan fingerprint density at radius 1 is 1.05 bits per heavy atom. The van der Waals surface area contributed by atoms with Gasteiger partial charge in [0.2, 0.25) is 0 Å². The highest BCUT2D eigenvalue weighted by Crippen LogP contribution is 2.18. The van der Waals surface area contributed by atoms with Crippen LogP contribution in [-0.4, -0.2) is 6.16 Å². The molecule has 0 aromatic heterocycles. The summed E-state index contributed by atoms with van der Waals surface area (Å²) in [4.78, 5) is 11.7. The number of rotatable bonds is 6. The van der Waals surface area contributed by atoms with E-state index in [9.17, 15) is 4.79 Å². The molecule has 0 aliphatic rings. The first-order valence-corrected chi connectivity index (χ1v) is 7.65. The van der Waals surface area contributed by atoms with E-state index < -0.39 is 6.16 Å². The van der Waals surface area contributed by atoms with Crippen molar-refractivity contribution in [1.82, 2.24) is 0 Å². The van der Waals surface area contributed by atoms with Gasteiger partial charge in [-0.1, -0.05) is 62.7 Å². The Hall–Kier alpha value is -2.29. The Bertz CT molecular complexity index is 593. The molecule has 2 aromatic carbocycles. The monoisotopic (exact) mass is 298 g/mol. The highest BCUT2D eigenvalue weighted by molar-refractivity contribution is 5.63. The Balaban J connectivity index is 1.87. The molecule has 2 aromatic rings. The summed E-state index contributed by atoms with van der Waals surface area (Å²) in [5, 5.41) is 0. The lowest BCUT2D eigenvalue weighted by Crippen LogP contribution is -2.10. The van der Waals surface area contributed by atoms with Gasteiger partial charge in [0.05, 0.1) is 0 Å².